The number of hydrogen-bond donors (Lipinski definition) is 0. The van der Waals surface area contributed by atoms with Crippen molar-refractivity contribution >= 4 is 17.7 Å². The maximum Gasteiger partial charge on any atom is 0.416 e. The van der Waals surface area contributed by atoms with Crippen molar-refractivity contribution in [3.63, 3.8) is 0 Å². The van der Waals surface area contributed by atoms with Gasteiger partial charge in [0.05, 0.1) is 18.6 Å². The minimum absolute atomic E-state index is 0.263. The van der Waals surface area contributed by atoms with E-state index in [0.29, 0.717) is 17.1 Å². The Hall–Kier alpha value is -1.17. The van der Waals surface area contributed by atoms with Gasteiger partial charge in [-0.3, -0.25) is 4.79 Å². The van der Waals surface area contributed by atoms with Crippen LogP contribution in [0.5, 0.6) is 0 Å². The second-order valence-corrected chi connectivity index (χ2v) is 5.17. The van der Waals surface area contributed by atoms with Crippen LogP contribution in [0.15, 0.2) is 24.3 Å². The van der Waals surface area contributed by atoms with Gasteiger partial charge in [0.1, 0.15) is 0 Å². The van der Waals surface area contributed by atoms with Crippen molar-refractivity contribution in [1.29, 1.82) is 0 Å². The highest BCUT2D eigenvalue weighted by atomic mass is 32.2. The average molecular weight is 292 g/mol. The predicted octanol–water partition coefficient (Wildman–Crippen LogP) is 3.75. The van der Waals surface area contributed by atoms with Crippen molar-refractivity contribution < 1.29 is 22.7 Å². The number of alkyl halides is 3. The molecule has 0 bridgehead atoms. The van der Waals surface area contributed by atoms with Gasteiger partial charge in [0.25, 0.3) is 0 Å². The fraction of sp³-hybridized carbons (Fsp3) is 0.462. The van der Waals surface area contributed by atoms with E-state index >= 15 is 0 Å². The number of esters is 1. The van der Waals surface area contributed by atoms with Gasteiger partial charge in [0.2, 0.25) is 0 Å². The lowest BCUT2D eigenvalue weighted by Gasteiger charge is -2.10. The summed E-state index contributed by atoms with van der Waals surface area (Å²) in [4.78, 5) is 11.2. The topological polar surface area (TPSA) is 26.3 Å². The van der Waals surface area contributed by atoms with E-state index < -0.39 is 11.7 Å². The van der Waals surface area contributed by atoms with Crippen molar-refractivity contribution in [3.8, 4) is 0 Å². The highest BCUT2D eigenvalue weighted by Crippen LogP contribution is 2.30. The predicted molar refractivity (Wildman–Crippen MR) is 68.8 cm³/mol. The minimum Gasteiger partial charge on any atom is -0.469 e. The molecular weight excluding hydrogens is 277 g/mol. The van der Waals surface area contributed by atoms with Crippen LogP contribution in [0.25, 0.3) is 0 Å². The van der Waals surface area contributed by atoms with Crippen LogP contribution in [0.4, 0.5) is 13.2 Å². The van der Waals surface area contributed by atoms with Crippen LogP contribution >= 0.6 is 11.8 Å². The van der Waals surface area contributed by atoms with Gasteiger partial charge >= 0.3 is 12.1 Å². The maximum absolute atomic E-state index is 12.5. The standard InChI is InChI=1S/C13H15F3O2S/c1-9(12(17)18-2)7-19-8-10-4-3-5-11(6-10)13(14,15)16/h3-6,9H,7-8H2,1-2H3. The van der Waals surface area contributed by atoms with E-state index in [1.165, 1.54) is 24.9 Å². The third kappa shape index (κ3) is 5.14. The van der Waals surface area contributed by atoms with E-state index in [2.05, 4.69) is 4.74 Å². The van der Waals surface area contributed by atoms with Crippen molar-refractivity contribution in [2.24, 2.45) is 5.92 Å². The molecule has 0 heterocycles. The molecule has 0 aromatic heterocycles. The van der Waals surface area contributed by atoms with E-state index in [0.717, 1.165) is 12.1 Å². The molecule has 0 aliphatic carbocycles. The van der Waals surface area contributed by atoms with E-state index in [1.54, 1.807) is 13.0 Å². The van der Waals surface area contributed by atoms with Crippen LogP contribution in [-0.4, -0.2) is 18.8 Å². The molecule has 106 valence electrons. The highest BCUT2D eigenvalue weighted by Gasteiger charge is 2.30. The van der Waals surface area contributed by atoms with Crippen LogP contribution in [0.2, 0.25) is 0 Å². The Balaban J connectivity index is 2.53. The number of halogens is 3. The van der Waals surface area contributed by atoms with Crippen LogP contribution in [0.1, 0.15) is 18.1 Å². The van der Waals surface area contributed by atoms with Gasteiger partial charge in [-0.25, -0.2) is 0 Å². The Morgan fingerprint density at radius 3 is 2.68 bits per heavy atom. The van der Waals surface area contributed by atoms with Crippen molar-refractivity contribution in [3.05, 3.63) is 35.4 Å². The molecule has 2 nitrogen and oxygen atoms in total. The van der Waals surface area contributed by atoms with Gasteiger partial charge in [0.15, 0.2) is 0 Å². The lowest BCUT2D eigenvalue weighted by molar-refractivity contribution is -0.144. The summed E-state index contributed by atoms with van der Waals surface area (Å²) in [6.45, 7) is 1.73. The molecule has 0 saturated carbocycles. The average Bonchev–Trinajstić information content (AvgIpc) is 2.37. The zero-order valence-electron chi connectivity index (χ0n) is 10.7. The smallest absolute Gasteiger partial charge is 0.416 e. The number of carbonyl (C=O) groups excluding carboxylic acids is 1. The van der Waals surface area contributed by atoms with Crippen LogP contribution < -0.4 is 0 Å². The van der Waals surface area contributed by atoms with Crippen molar-refractivity contribution in [2.75, 3.05) is 12.9 Å². The lowest BCUT2D eigenvalue weighted by Crippen LogP contribution is -2.14. The molecule has 0 aliphatic heterocycles. The first-order chi connectivity index (χ1) is 8.84. The monoisotopic (exact) mass is 292 g/mol. The summed E-state index contributed by atoms with van der Waals surface area (Å²) in [6.07, 6.45) is -4.32. The Bertz CT molecular complexity index is 432. The maximum atomic E-state index is 12.5. The van der Waals surface area contributed by atoms with Gasteiger partial charge in [-0.05, 0) is 11.6 Å². The van der Waals surface area contributed by atoms with Gasteiger partial charge in [-0.2, -0.15) is 24.9 Å². The van der Waals surface area contributed by atoms with E-state index in [-0.39, 0.29) is 11.9 Å². The molecular formula is C13H15F3O2S. The SMILES string of the molecule is COC(=O)C(C)CSCc1cccc(C(F)(F)F)c1. The van der Waals surface area contributed by atoms with Crippen molar-refractivity contribution in [1.82, 2.24) is 0 Å². The zero-order chi connectivity index (χ0) is 14.5. The van der Waals surface area contributed by atoms with Gasteiger partial charge in [-0.1, -0.05) is 25.1 Å². The Morgan fingerprint density at radius 1 is 1.42 bits per heavy atom. The first kappa shape index (κ1) is 15.9. The summed E-state index contributed by atoms with van der Waals surface area (Å²) >= 11 is 1.41. The van der Waals surface area contributed by atoms with Gasteiger partial charge in [0, 0.05) is 11.5 Å². The molecule has 1 aromatic carbocycles. The second kappa shape index (κ2) is 6.84. The zero-order valence-corrected chi connectivity index (χ0v) is 11.5. The minimum atomic E-state index is -4.32. The number of rotatable bonds is 5. The number of thioether (sulfide) groups is 1. The molecule has 0 spiro atoms. The van der Waals surface area contributed by atoms with Crippen LogP contribution in [0, 0.1) is 5.92 Å². The summed E-state index contributed by atoms with van der Waals surface area (Å²) in [6, 6.07) is 5.22. The van der Waals surface area contributed by atoms with Gasteiger partial charge < -0.3 is 4.74 Å². The molecule has 0 N–H and O–H groups in total. The summed E-state index contributed by atoms with van der Waals surface area (Å²) in [5.74, 6) is 0.381. The summed E-state index contributed by atoms with van der Waals surface area (Å²) in [5, 5.41) is 0. The molecule has 0 radical (unpaired) electrons. The number of carbonyl (C=O) groups is 1. The fourth-order valence-electron chi connectivity index (χ4n) is 1.46. The Labute approximate surface area is 114 Å². The quantitative estimate of drug-likeness (QED) is 0.773. The molecule has 0 fully saturated rings. The molecule has 0 aliphatic rings. The van der Waals surface area contributed by atoms with Gasteiger partial charge in [-0.15, -0.1) is 0 Å². The molecule has 6 heteroatoms. The summed E-state index contributed by atoms with van der Waals surface area (Å²) in [7, 11) is 1.32. The van der Waals surface area contributed by atoms with Crippen molar-refractivity contribution in [2.45, 2.75) is 18.9 Å². The number of ether oxygens (including phenoxy) is 1. The first-order valence-corrected chi connectivity index (χ1v) is 6.81. The Morgan fingerprint density at radius 2 is 2.11 bits per heavy atom. The highest BCUT2D eigenvalue weighted by molar-refractivity contribution is 7.98. The first-order valence-electron chi connectivity index (χ1n) is 5.66. The largest absolute Gasteiger partial charge is 0.469 e. The van der Waals surface area contributed by atoms with E-state index in [1.807, 2.05) is 0 Å². The lowest BCUT2D eigenvalue weighted by atomic mass is 10.1. The third-order valence-electron chi connectivity index (χ3n) is 2.49. The summed E-state index contributed by atoms with van der Waals surface area (Å²) < 4.78 is 42.1. The molecule has 0 saturated heterocycles. The fourth-order valence-corrected chi connectivity index (χ4v) is 2.48. The molecule has 1 atom stereocenters. The normalized spacial score (nSPS) is 13.1. The number of hydrogen-bond acceptors (Lipinski definition) is 3. The number of methoxy groups -OCH3 is 1. The summed E-state index contributed by atoms with van der Waals surface area (Å²) in [5.41, 5.74) is -0.0523. The number of benzene rings is 1. The van der Waals surface area contributed by atoms with Crippen LogP contribution in [0.3, 0.4) is 0 Å². The van der Waals surface area contributed by atoms with E-state index in [9.17, 15) is 18.0 Å². The second-order valence-electron chi connectivity index (χ2n) is 4.14. The third-order valence-corrected chi connectivity index (χ3v) is 3.77. The molecule has 1 unspecified atom stereocenters. The molecule has 0 amide bonds. The molecule has 1 aromatic rings. The van der Waals surface area contributed by atoms with Crippen LogP contribution in [-0.2, 0) is 21.5 Å². The molecule has 1 rings (SSSR count). The molecule has 19 heavy (non-hydrogen) atoms. The van der Waals surface area contributed by atoms with E-state index in [4.69, 9.17) is 0 Å². The Kier molecular flexibility index (Phi) is 5.72.